The number of carbonyl (C=O) groups is 1. The average molecular weight is 338 g/mol. The molecule has 0 aliphatic rings. The number of hydrogen-bond donors (Lipinski definition) is 2. The lowest BCUT2D eigenvalue weighted by Crippen LogP contribution is -2.24. The molecule has 0 saturated carbocycles. The number of methoxy groups -OCH3 is 1. The molecular formula is C14H16BrN3O2. The largest absolute Gasteiger partial charge is 0.496 e. The Bertz CT molecular complexity index is 637. The summed E-state index contributed by atoms with van der Waals surface area (Å²) in [6.07, 6.45) is 3.46. The molecule has 0 spiro atoms. The van der Waals surface area contributed by atoms with Crippen LogP contribution >= 0.6 is 15.9 Å². The summed E-state index contributed by atoms with van der Waals surface area (Å²) in [6, 6.07) is 1.73. The smallest absolute Gasteiger partial charge is 0.268 e. The van der Waals surface area contributed by atoms with Crippen molar-refractivity contribution >= 4 is 21.8 Å². The molecule has 6 heteroatoms. The zero-order valence-corrected chi connectivity index (χ0v) is 13.2. The van der Waals surface area contributed by atoms with Gasteiger partial charge in [0.05, 0.1) is 19.3 Å². The first kappa shape index (κ1) is 14.6. The van der Waals surface area contributed by atoms with Gasteiger partial charge in [-0.25, -0.2) is 0 Å². The van der Waals surface area contributed by atoms with Gasteiger partial charge in [-0.15, -0.1) is 0 Å². The summed E-state index contributed by atoms with van der Waals surface area (Å²) in [4.78, 5) is 19.2. The fraction of sp³-hybridized carbons (Fsp3) is 0.286. The van der Waals surface area contributed by atoms with Crippen LogP contribution in [0.4, 0.5) is 0 Å². The molecule has 0 saturated heterocycles. The van der Waals surface area contributed by atoms with E-state index in [1.165, 1.54) is 0 Å². The number of pyridine rings is 1. The minimum absolute atomic E-state index is 0.170. The minimum atomic E-state index is -0.170. The van der Waals surface area contributed by atoms with Gasteiger partial charge in [0, 0.05) is 28.0 Å². The molecule has 2 aromatic rings. The SMILES string of the molecule is COc1c(C)cnc(CNC(=O)c2cc(Br)c[nH]2)c1C. The second-order valence-electron chi connectivity index (χ2n) is 4.46. The number of carbonyl (C=O) groups excluding carboxylic acids is 1. The van der Waals surface area contributed by atoms with Crippen molar-refractivity contribution in [1.82, 2.24) is 15.3 Å². The van der Waals surface area contributed by atoms with Crippen molar-refractivity contribution in [1.29, 1.82) is 0 Å². The maximum Gasteiger partial charge on any atom is 0.268 e. The van der Waals surface area contributed by atoms with Crippen LogP contribution in [0.2, 0.25) is 0 Å². The van der Waals surface area contributed by atoms with E-state index in [1.807, 2.05) is 13.8 Å². The predicted molar refractivity (Wildman–Crippen MR) is 79.9 cm³/mol. The third-order valence-electron chi connectivity index (χ3n) is 3.06. The first-order chi connectivity index (χ1) is 9.52. The van der Waals surface area contributed by atoms with Crippen molar-refractivity contribution < 1.29 is 9.53 Å². The molecule has 0 atom stereocenters. The molecule has 20 heavy (non-hydrogen) atoms. The number of ether oxygens (including phenoxy) is 1. The number of aromatic nitrogens is 2. The molecule has 0 radical (unpaired) electrons. The van der Waals surface area contributed by atoms with E-state index in [0.717, 1.165) is 27.0 Å². The molecule has 2 rings (SSSR count). The number of aromatic amines is 1. The van der Waals surface area contributed by atoms with Crippen LogP contribution in [0, 0.1) is 13.8 Å². The van der Waals surface area contributed by atoms with Crippen molar-refractivity contribution in [3.8, 4) is 5.75 Å². The Balaban J connectivity index is 2.10. The molecule has 1 amide bonds. The summed E-state index contributed by atoms with van der Waals surface area (Å²) in [7, 11) is 1.63. The van der Waals surface area contributed by atoms with Crippen LogP contribution in [0.3, 0.4) is 0 Å². The van der Waals surface area contributed by atoms with Gasteiger partial charge in [-0.3, -0.25) is 9.78 Å². The Morgan fingerprint density at radius 1 is 1.50 bits per heavy atom. The third-order valence-corrected chi connectivity index (χ3v) is 3.52. The molecule has 0 unspecified atom stereocenters. The van der Waals surface area contributed by atoms with Crippen LogP contribution in [0.1, 0.15) is 27.3 Å². The maximum absolute atomic E-state index is 11.9. The number of aryl methyl sites for hydroxylation is 1. The van der Waals surface area contributed by atoms with Gasteiger partial charge in [-0.05, 0) is 35.8 Å². The van der Waals surface area contributed by atoms with E-state index in [-0.39, 0.29) is 5.91 Å². The molecular weight excluding hydrogens is 322 g/mol. The molecule has 5 nitrogen and oxygen atoms in total. The van der Waals surface area contributed by atoms with Gasteiger partial charge < -0.3 is 15.0 Å². The van der Waals surface area contributed by atoms with Crippen molar-refractivity contribution in [2.75, 3.05) is 7.11 Å². The normalized spacial score (nSPS) is 10.4. The maximum atomic E-state index is 11.9. The van der Waals surface area contributed by atoms with Gasteiger partial charge in [0.1, 0.15) is 11.4 Å². The number of hydrogen-bond acceptors (Lipinski definition) is 3. The number of H-pyrrole nitrogens is 1. The van der Waals surface area contributed by atoms with E-state index >= 15 is 0 Å². The topological polar surface area (TPSA) is 67.0 Å². The summed E-state index contributed by atoms with van der Waals surface area (Å²) in [5, 5.41) is 2.83. The van der Waals surface area contributed by atoms with Crippen molar-refractivity contribution in [2.45, 2.75) is 20.4 Å². The van der Waals surface area contributed by atoms with Crippen LogP contribution in [0.25, 0.3) is 0 Å². The standard InChI is InChI=1S/C14H16BrN3O2/c1-8-5-16-12(9(2)13(8)20-3)7-18-14(19)11-4-10(15)6-17-11/h4-6,17H,7H2,1-3H3,(H,18,19). The molecule has 0 aliphatic carbocycles. The van der Waals surface area contributed by atoms with E-state index in [2.05, 4.69) is 31.2 Å². The molecule has 2 N–H and O–H groups in total. The summed E-state index contributed by atoms with van der Waals surface area (Å²) >= 11 is 3.29. The Morgan fingerprint density at radius 3 is 2.85 bits per heavy atom. The number of halogens is 1. The quantitative estimate of drug-likeness (QED) is 0.901. The predicted octanol–water partition coefficient (Wildman–Crippen LogP) is 2.73. The highest BCUT2D eigenvalue weighted by molar-refractivity contribution is 9.10. The van der Waals surface area contributed by atoms with Gasteiger partial charge in [0.25, 0.3) is 5.91 Å². The van der Waals surface area contributed by atoms with Gasteiger partial charge in [-0.2, -0.15) is 0 Å². The van der Waals surface area contributed by atoms with Crippen molar-refractivity contribution in [3.63, 3.8) is 0 Å². The second-order valence-corrected chi connectivity index (χ2v) is 5.38. The van der Waals surface area contributed by atoms with E-state index in [0.29, 0.717) is 12.2 Å². The lowest BCUT2D eigenvalue weighted by molar-refractivity contribution is 0.0946. The van der Waals surface area contributed by atoms with E-state index in [4.69, 9.17) is 4.74 Å². The Morgan fingerprint density at radius 2 is 2.25 bits per heavy atom. The Labute approximate surface area is 125 Å². The number of nitrogens with zero attached hydrogens (tertiary/aromatic N) is 1. The number of amides is 1. The fourth-order valence-electron chi connectivity index (χ4n) is 2.01. The molecule has 2 aromatic heterocycles. The summed E-state index contributed by atoms with van der Waals surface area (Å²) in [6.45, 7) is 4.24. The summed E-state index contributed by atoms with van der Waals surface area (Å²) in [5.41, 5.74) is 3.23. The third kappa shape index (κ3) is 3.01. The lowest BCUT2D eigenvalue weighted by Gasteiger charge is -2.12. The van der Waals surface area contributed by atoms with Crippen LogP contribution in [-0.2, 0) is 6.54 Å². The monoisotopic (exact) mass is 337 g/mol. The highest BCUT2D eigenvalue weighted by Crippen LogP contribution is 2.23. The molecule has 0 fully saturated rings. The van der Waals surface area contributed by atoms with E-state index < -0.39 is 0 Å². The highest BCUT2D eigenvalue weighted by atomic mass is 79.9. The fourth-order valence-corrected chi connectivity index (χ4v) is 2.35. The number of rotatable bonds is 4. The first-order valence-electron chi connectivity index (χ1n) is 6.14. The minimum Gasteiger partial charge on any atom is -0.496 e. The van der Waals surface area contributed by atoms with E-state index in [9.17, 15) is 4.79 Å². The van der Waals surface area contributed by atoms with Crippen LogP contribution < -0.4 is 10.1 Å². The zero-order valence-electron chi connectivity index (χ0n) is 11.6. The second kappa shape index (κ2) is 6.09. The molecule has 0 aliphatic heterocycles. The zero-order chi connectivity index (χ0) is 14.7. The average Bonchev–Trinajstić information content (AvgIpc) is 2.85. The lowest BCUT2D eigenvalue weighted by atomic mass is 10.1. The highest BCUT2D eigenvalue weighted by Gasteiger charge is 2.12. The van der Waals surface area contributed by atoms with Crippen LogP contribution in [-0.4, -0.2) is 23.0 Å². The summed E-state index contributed by atoms with van der Waals surface area (Å²) < 4.78 is 6.19. The van der Waals surface area contributed by atoms with Crippen molar-refractivity contribution in [2.24, 2.45) is 0 Å². The van der Waals surface area contributed by atoms with Gasteiger partial charge in [0.15, 0.2) is 0 Å². The van der Waals surface area contributed by atoms with Crippen LogP contribution in [0.5, 0.6) is 5.75 Å². The summed E-state index contributed by atoms with van der Waals surface area (Å²) in [5.74, 6) is 0.642. The molecule has 2 heterocycles. The van der Waals surface area contributed by atoms with Crippen LogP contribution in [0.15, 0.2) is 22.9 Å². The van der Waals surface area contributed by atoms with Gasteiger partial charge in [-0.1, -0.05) is 0 Å². The Hall–Kier alpha value is -1.82. The number of nitrogens with one attached hydrogen (secondary N) is 2. The Kier molecular flexibility index (Phi) is 4.44. The first-order valence-corrected chi connectivity index (χ1v) is 6.93. The van der Waals surface area contributed by atoms with Gasteiger partial charge >= 0.3 is 0 Å². The molecule has 106 valence electrons. The molecule has 0 bridgehead atoms. The van der Waals surface area contributed by atoms with E-state index in [1.54, 1.807) is 25.6 Å². The van der Waals surface area contributed by atoms with Gasteiger partial charge in [0.2, 0.25) is 0 Å². The van der Waals surface area contributed by atoms with Crippen molar-refractivity contribution in [3.05, 3.63) is 45.4 Å². The molecule has 0 aromatic carbocycles.